The number of hydrogen-bond acceptors (Lipinski definition) is 3. The van der Waals surface area contributed by atoms with Crippen molar-refractivity contribution >= 4 is 82.1 Å². The van der Waals surface area contributed by atoms with Crippen molar-refractivity contribution < 1.29 is 0 Å². The van der Waals surface area contributed by atoms with Gasteiger partial charge in [-0.05, 0) is 72.8 Å². The smallest absolute Gasteiger partial charge is 0.147 e. The van der Waals surface area contributed by atoms with Crippen molar-refractivity contribution in [1.82, 2.24) is 28.5 Å². The fourth-order valence-corrected chi connectivity index (χ4v) is 7.84. The molecular weight excluding hydrogens is 576 g/mol. The van der Waals surface area contributed by atoms with Crippen LogP contribution in [0.2, 0.25) is 0 Å². The van der Waals surface area contributed by atoms with Gasteiger partial charge in [0.1, 0.15) is 11.2 Å². The Hall–Kier alpha value is -6.53. The van der Waals surface area contributed by atoms with Gasteiger partial charge in [0, 0.05) is 56.1 Å². The van der Waals surface area contributed by atoms with E-state index in [1.807, 2.05) is 30.7 Å². The number of para-hydroxylation sites is 3. The number of rotatable bonds is 2. The van der Waals surface area contributed by atoms with Crippen LogP contribution in [0.15, 0.2) is 146 Å². The molecule has 11 aromatic rings. The Morgan fingerprint density at radius 1 is 0.447 bits per heavy atom. The molecule has 0 atom stereocenters. The molecule has 5 aromatic carbocycles. The molecule has 0 aliphatic rings. The Bertz CT molecular complexity index is 3060. The predicted molar refractivity (Wildman–Crippen MR) is 192 cm³/mol. The Kier molecular flexibility index (Phi) is 4.75. The lowest BCUT2D eigenvalue weighted by Crippen LogP contribution is -1.96. The maximum Gasteiger partial charge on any atom is 0.147 e. The van der Waals surface area contributed by atoms with Crippen LogP contribution in [0.25, 0.3) is 93.5 Å². The van der Waals surface area contributed by atoms with Gasteiger partial charge in [-0.15, -0.1) is 0 Å². The first-order valence-corrected chi connectivity index (χ1v) is 15.8. The van der Waals surface area contributed by atoms with Crippen LogP contribution >= 0.6 is 0 Å². The first-order chi connectivity index (χ1) is 23.3. The number of hydrogen-bond donors (Lipinski definition) is 0. The van der Waals surface area contributed by atoms with E-state index in [9.17, 15) is 0 Å². The molecule has 6 heteroatoms. The molecule has 0 N–H and O–H groups in total. The second-order valence-corrected chi connectivity index (χ2v) is 12.1. The highest BCUT2D eigenvalue weighted by molar-refractivity contribution is 6.31. The molecule has 11 rings (SSSR count). The normalized spacial score (nSPS) is 12.3. The number of fused-ring (bicyclic) bond motifs is 15. The van der Waals surface area contributed by atoms with Crippen LogP contribution in [0.1, 0.15) is 0 Å². The largest absolute Gasteiger partial charge is 0.309 e. The van der Waals surface area contributed by atoms with E-state index in [0.717, 1.165) is 60.9 Å². The van der Waals surface area contributed by atoms with Crippen LogP contribution in [-0.2, 0) is 0 Å². The van der Waals surface area contributed by atoms with E-state index in [1.165, 1.54) is 32.6 Å². The molecule has 6 nitrogen and oxygen atoms in total. The molecule has 0 amide bonds. The average Bonchev–Trinajstić information content (AvgIpc) is 3.79. The van der Waals surface area contributed by atoms with Crippen molar-refractivity contribution in [1.29, 1.82) is 0 Å². The van der Waals surface area contributed by atoms with Gasteiger partial charge in [0.05, 0.1) is 44.8 Å². The highest BCUT2D eigenvalue weighted by Crippen LogP contribution is 2.44. The van der Waals surface area contributed by atoms with Crippen LogP contribution in [0.4, 0.5) is 0 Å². The summed E-state index contributed by atoms with van der Waals surface area (Å²) >= 11 is 0. The van der Waals surface area contributed by atoms with Gasteiger partial charge in [-0.25, -0.2) is 4.98 Å². The minimum Gasteiger partial charge on any atom is -0.309 e. The fourth-order valence-electron chi connectivity index (χ4n) is 7.84. The van der Waals surface area contributed by atoms with Crippen molar-refractivity contribution in [3.05, 3.63) is 146 Å². The minimum absolute atomic E-state index is 0.863. The Morgan fingerprint density at radius 2 is 1.17 bits per heavy atom. The van der Waals surface area contributed by atoms with Gasteiger partial charge in [0.2, 0.25) is 0 Å². The third-order valence-corrected chi connectivity index (χ3v) is 9.72. The minimum atomic E-state index is 0.863. The first-order valence-electron chi connectivity index (χ1n) is 15.8. The van der Waals surface area contributed by atoms with E-state index in [0.29, 0.717) is 0 Å². The maximum absolute atomic E-state index is 5.25. The number of pyridine rings is 3. The number of aromatic nitrogens is 6. The molecule has 47 heavy (non-hydrogen) atoms. The monoisotopic (exact) mass is 600 g/mol. The van der Waals surface area contributed by atoms with Crippen molar-refractivity contribution in [3.8, 4) is 11.4 Å². The van der Waals surface area contributed by atoms with Crippen molar-refractivity contribution in [2.75, 3.05) is 0 Å². The molecule has 0 radical (unpaired) electrons. The molecule has 6 heterocycles. The summed E-state index contributed by atoms with van der Waals surface area (Å²) in [7, 11) is 0. The van der Waals surface area contributed by atoms with Crippen LogP contribution < -0.4 is 0 Å². The van der Waals surface area contributed by atoms with Crippen LogP contribution in [0.5, 0.6) is 0 Å². The Labute approximate surface area is 267 Å². The SMILES string of the molecule is c1ccc(-n2c3ccccc3c3cc4c5c6c(ccc5n(-c5ccccc5)c4cc32)c2ncccc2n2c3ccncc3nc62)cc1. The lowest BCUT2D eigenvalue weighted by molar-refractivity contribution is 1.16. The Balaban J connectivity index is 1.43. The molecule has 218 valence electrons. The lowest BCUT2D eigenvalue weighted by Gasteiger charge is -2.11. The standard InChI is InChI=1S/C41H24N6/c1-3-10-25(11-4-1)45-32-15-8-7-14-27(32)29-22-30-37(23-36(29)45)46(26-12-5-2-6-13-26)34-18-17-28-39(38(30)34)41-44-31-24-42-21-19-33(31)47(41)35-16-9-20-43-40(28)35/h1-24H. The highest BCUT2D eigenvalue weighted by atomic mass is 15.0. The molecule has 0 aliphatic carbocycles. The topological polar surface area (TPSA) is 52.9 Å². The lowest BCUT2D eigenvalue weighted by atomic mass is 10.0. The molecule has 6 aromatic heterocycles. The van der Waals surface area contributed by atoms with E-state index in [2.05, 4.69) is 134 Å². The molecule has 0 fully saturated rings. The zero-order chi connectivity index (χ0) is 30.6. The third-order valence-electron chi connectivity index (χ3n) is 9.72. The quantitative estimate of drug-likeness (QED) is 0.186. The van der Waals surface area contributed by atoms with Gasteiger partial charge in [-0.1, -0.05) is 54.6 Å². The van der Waals surface area contributed by atoms with E-state index < -0.39 is 0 Å². The fraction of sp³-hybridized carbons (Fsp3) is 0. The predicted octanol–water partition coefficient (Wildman–Crippen LogP) is 9.78. The zero-order valence-electron chi connectivity index (χ0n) is 25.0. The molecule has 0 saturated heterocycles. The van der Waals surface area contributed by atoms with E-state index in [-0.39, 0.29) is 0 Å². The summed E-state index contributed by atoms with van der Waals surface area (Å²) in [4.78, 5) is 14.6. The summed E-state index contributed by atoms with van der Waals surface area (Å²) in [5.41, 5.74) is 11.7. The molecule has 0 aliphatic heterocycles. The van der Waals surface area contributed by atoms with Gasteiger partial charge < -0.3 is 9.13 Å². The van der Waals surface area contributed by atoms with Gasteiger partial charge in [0.25, 0.3) is 0 Å². The summed E-state index contributed by atoms with van der Waals surface area (Å²) in [6.07, 6.45) is 5.57. The van der Waals surface area contributed by atoms with Gasteiger partial charge in [0.15, 0.2) is 0 Å². The molecule has 0 unspecified atom stereocenters. The summed E-state index contributed by atoms with van der Waals surface area (Å²) in [5, 5.41) is 6.97. The Morgan fingerprint density at radius 3 is 2.00 bits per heavy atom. The molecular formula is C41H24N6. The van der Waals surface area contributed by atoms with Crippen molar-refractivity contribution in [2.24, 2.45) is 0 Å². The molecule has 0 saturated carbocycles. The summed E-state index contributed by atoms with van der Waals surface area (Å²) < 4.78 is 7.05. The second-order valence-electron chi connectivity index (χ2n) is 12.1. The van der Waals surface area contributed by atoms with Gasteiger partial charge in [-0.3, -0.25) is 14.4 Å². The maximum atomic E-state index is 5.25. The van der Waals surface area contributed by atoms with Gasteiger partial charge >= 0.3 is 0 Å². The van der Waals surface area contributed by atoms with E-state index in [4.69, 9.17) is 9.97 Å². The van der Waals surface area contributed by atoms with Crippen LogP contribution in [0, 0.1) is 0 Å². The molecule has 0 bridgehead atoms. The molecule has 0 spiro atoms. The zero-order valence-corrected chi connectivity index (χ0v) is 25.0. The number of nitrogens with zero attached hydrogens (tertiary/aromatic N) is 6. The number of benzene rings is 5. The van der Waals surface area contributed by atoms with Crippen molar-refractivity contribution in [3.63, 3.8) is 0 Å². The number of imidazole rings is 1. The van der Waals surface area contributed by atoms with E-state index in [1.54, 1.807) is 0 Å². The first kappa shape index (κ1) is 24.8. The third kappa shape index (κ3) is 3.21. The summed E-state index contributed by atoms with van der Waals surface area (Å²) in [5.74, 6) is 0. The summed E-state index contributed by atoms with van der Waals surface area (Å²) in [6.45, 7) is 0. The highest BCUT2D eigenvalue weighted by Gasteiger charge is 2.23. The summed E-state index contributed by atoms with van der Waals surface area (Å²) in [6, 6.07) is 45.5. The van der Waals surface area contributed by atoms with Crippen LogP contribution in [-0.4, -0.2) is 28.5 Å². The van der Waals surface area contributed by atoms with E-state index >= 15 is 0 Å². The van der Waals surface area contributed by atoms with Crippen molar-refractivity contribution in [2.45, 2.75) is 0 Å². The van der Waals surface area contributed by atoms with Crippen LogP contribution in [0.3, 0.4) is 0 Å². The average molecular weight is 601 g/mol. The second kappa shape index (κ2) is 9.02. The van der Waals surface area contributed by atoms with Gasteiger partial charge in [-0.2, -0.15) is 0 Å².